The first-order valence-electron chi connectivity index (χ1n) is 14.5. The molecule has 0 saturated heterocycles. The van der Waals surface area contributed by atoms with Crippen LogP contribution in [0.1, 0.15) is 31.4 Å². The highest BCUT2D eigenvalue weighted by Gasteiger charge is 2.17. The van der Waals surface area contributed by atoms with Gasteiger partial charge < -0.3 is 4.42 Å². The first-order chi connectivity index (χ1) is 20.2. The Bertz CT molecular complexity index is 2250. The first-order valence-corrected chi connectivity index (χ1v) is 14.5. The van der Waals surface area contributed by atoms with Gasteiger partial charge in [-0.15, -0.1) is 10.2 Å². The third-order valence-electron chi connectivity index (χ3n) is 8.36. The van der Waals surface area contributed by atoms with Crippen molar-refractivity contribution >= 4 is 49.3 Å². The molecule has 0 N–H and O–H groups in total. The number of aromatic nitrogens is 3. The quantitative estimate of drug-likeness (QED) is 0.208. The largest absolute Gasteiger partial charge is 0.455 e. The number of para-hydroxylation sites is 1. The van der Waals surface area contributed by atoms with Crippen molar-refractivity contribution in [3.8, 4) is 22.5 Å². The second kappa shape index (κ2) is 9.31. The topological polar surface area (TPSA) is 43.3 Å². The Hall–Kier alpha value is -4.96. The zero-order valence-corrected chi connectivity index (χ0v) is 23.2. The fourth-order valence-electron chi connectivity index (χ4n) is 6.33. The van der Waals surface area contributed by atoms with Crippen LogP contribution in [0.25, 0.3) is 71.8 Å². The molecule has 0 atom stereocenters. The number of pyridine rings is 1. The van der Waals surface area contributed by atoms with Crippen molar-refractivity contribution in [2.75, 3.05) is 0 Å². The second-order valence-electron chi connectivity index (χ2n) is 10.9. The van der Waals surface area contributed by atoms with Gasteiger partial charge in [0.1, 0.15) is 11.2 Å². The van der Waals surface area contributed by atoms with Gasteiger partial charge in [-0.25, -0.2) is 0 Å². The summed E-state index contributed by atoms with van der Waals surface area (Å²) in [5.74, 6) is 0.841. The lowest BCUT2D eigenvalue weighted by atomic mass is 9.97. The molecule has 0 saturated carbocycles. The average Bonchev–Trinajstić information content (AvgIpc) is 3.63. The number of nitrogens with zero attached hydrogens (tertiary/aromatic N) is 3. The molecule has 41 heavy (non-hydrogen) atoms. The molecule has 0 bridgehead atoms. The number of aryl methyl sites for hydroxylation is 2. The predicted molar refractivity (Wildman–Crippen MR) is 170 cm³/mol. The van der Waals surface area contributed by atoms with Crippen molar-refractivity contribution in [3.05, 3.63) is 114 Å². The molecule has 0 unspecified atom stereocenters. The number of hydrogen-bond acceptors (Lipinski definition) is 3. The molecule has 8 aromatic rings. The van der Waals surface area contributed by atoms with E-state index in [1.165, 1.54) is 32.7 Å². The lowest BCUT2D eigenvalue weighted by Crippen LogP contribution is -1.94. The summed E-state index contributed by atoms with van der Waals surface area (Å²) >= 11 is 0. The molecule has 0 aliphatic carbocycles. The van der Waals surface area contributed by atoms with Gasteiger partial charge in [-0.1, -0.05) is 93.1 Å². The van der Waals surface area contributed by atoms with Crippen LogP contribution in [0.15, 0.2) is 108 Å². The summed E-state index contributed by atoms with van der Waals surface area (Å²) in [6.45, 7) is 4.44. The summed E-state index contributed by atoms with van der Waals surface area (Å²) in [6, 6.07) is 36.8. The molecule has 8 rings (SSSR count). The third kappa shape index (κ3) is 3.67. The van der Waals surface area contributed by atoms with Gasteiger partial charge in [0.25, 0.3) is 0 Å². The van der Waals surface area contributed by atoms with Crippen molar-refractivity contribution in [1.82, 2.24) is 14.6 Å². The van der Waals surface area contributed by atoms with E-state index < -0.39 is 0 Å². The van der Waals surface area contributed by atoms with Crippen LogP contribution >= 0.6 is 0 Å². The van der Waals surface area contributed by atoms with Gasteiger partial charge in [-0.05, 0) is 65.3 Å². The maximum absolute atomic E-state index is 6.49. The molecule has 0 aliphatic rings. The molecule has 198 valence electrons. The third-order valence-corrected chi connectivity index (χ3v) is 8.36. The normalized spacial score (nSPS) is 12.0. The van der Waals surface area contributed by atoms with Crippen LogP contribution in [0.5, 0.6) is 0 Å². The van der Waals surface area contributed by atoms with Crippen LogP contribution in [0, 0.1) is 0 Å². The highest BCUT2D eigenvalue weighted by atomic mass is 16.3. The lowest BCUT2D eigenvalue weighted by molar-refractivity contribution is 0.669. The number of rotatable bonds is 5. The van der Waals surface area contributed by atoms with Crippen LogP contribution in [-0.4, -0.2) is 14.6 Å². The SMILES string of the molecule is CCCc1ccc2oc3c(-c4ccc(-c5nnc6c7ccccc7c7ccccc7n56)cc4)cc(CC)cc3c2c1. The molecule has 0 aliphatic heterocycles. The molecule has 4 nitrogen and oxygen atoms in total. The smallest absolute Gasteiger partial charge is 0.169 e. The van der Waals surface area contributed by atoms with Crippen molar-refractivity contribution in [2.24, 2.45) is 0 Å². The molecule has 0 spiro atoms. The van der Waals surface area contributed by atoms with Gasteiger partial charge in [0.05, 0.1) is 5.52 Å². The average molecular weight is 532 g/mol. The summed E-state index contributed by atoms with van der Waals surface area (Å²) in [7, 11) is 0. The number of benzene rings is 5. The Morgan fingerprint density at radius 3 is 2.17 bits per heavy atom. The fourth-order valence-corrected chi connectivity index (χ4v) is 6.33. The Kier molecular flexibility index (Phi) is 5.42. The van der Waals surface area contributed by atoms with E-state index >= 15 is 0 Å². The molecule has 0 amide bonds. The minimum absolute atomic E-state index is 0.841. The van der Waals surface area contributed by atoms with E-state index in [1.54, 1.807) is 0 Å². The van der Waals surface area contributed by atoms with E-state index in [4.69, 9.17) is 9.52 Å². The Morgan fingerprint density at radius 2 is 1.37 bits per heavy atom. The van der Waals surface area contributed by atoms with E-state index in [9.17, 15) is 0 Å². The van der Waals surface area contributed by atoms with Crippen molar-refractivity contribution < 1.29 is 4.42 Å². The summed E-state index contributed by atoms with van der Waals surface area (Å²) in [5, 5.41) is 15.2. The van der Waals surface area contributed by atoms with Gasteiger partial charge in [0, 0.05) is 32.7 Å². The lowest BCUT2D eigenvalue weighted by Gasteiger charge is -2.10. The van der Waals surface area contributed by atoms with Crippen molar-refractivity contribution in [2.45, 2.75) is 33.1 Å². The van der Waals surface area contributed by atoms with Crippen LogP contribution in [0.3, 0.4) is 0 Å². The Morgan fingerprint density at radius 1 is 0.634 bits per heavy atom. The monoisotopic (exact) mass is 531 g/mol. The van der Waals surface area contributed by atoms with Crippen LogP contribution in [0.4, 0.5) is 0 Å². The molecule has 4 heteroatoms. The van der Waals surface area contributed by atoms with E-state index in [-0.39, 0.29) is 0 Å². The van der Waals surface area contributed by atoms with E-state index in [2.05, 4.69) is 126 Å². The number of hydrogen-bond donors (Lipinski definition) is 0. The highest BCUT2D eigenvalue weighted by molar-refractivity contribution is 6.12. The van der Waals surface area contributed by atoms with E-state index in [0.29, 0.717) is 0 Å². The highest BCUT2D eigenvalue weighted by Crippen LogP contribution is 2.39. The fraction of sp³-hybridized carbons (Fsp3) is 0.135. The standard InChI is InChI=1S/C37H29N3O/c1-3-9-24-14-19-34-31(22-24)32-21-23(4-2)20-30(35(32)41-34)25-15-17-26(18-16-25)36-38-39-37-29-12-6-5-10-27(29)28-11-7-8-13-33(28)40(36)37/h5-8,10-22H,3-4,9H2,1-2H3. The van der Waals surface area contributed by atoms with Gasteiger partial charge in [0.15, 0.2) is 11.5 Å². The molecule has 5 aromatic carbocycles. The molecular formula is C37H29N3O. The Labute approximate surface area is 237 Å². The molecule has 3 aromatic heterocycles. The molecular weight excluding hydrogens is 502 g/mol. The van der Waals surface area contributed by atoms with Gasteiger partial charge in [-0.2, -0.15) is 0 Å². The first kappa shape index (κ1) is 23.9. The van der Waals surface area contributed by atoms with Crippen LogP contribution < -0.4 is 0 Å². The second-order valence-corrected chi connectivity index (χ2v) is 10.9. The Balaban J connectivity index is 1.30. The summed E-state index contributed by atoms with van der Waals surface area (Å²) in [6.07, 6.45) is 3.17. The maximum atomic E-state index is 6.49. The zero-order valence-electron chi connectivity index (χ0n) is 23.2. The zero-order chi connectivity index (χ0) is 27.5. The van der Waals surface area contributed by atoms with Crippen molar-refractivity contribution in [3.63, 3.8) is 0 Å². The van der Waals surface area contributed by atoms with Crippen LogP contribution in [-0.2, 0) is 12.8 Å². The van der Waals surface area contributed by atoms with Gasteiger partial charge in [-0.3, -0.25) is 4.40 Å². The molecule has 0 radical (unpaired) electrons. The molecule has 0 fully saturated rings. The van der Waals surface area contributed by atoms with E-state index in [1.807, 2.05) is 0 Å². The number of furan rings is 1. The summed E-state index contributed by atoms with van der Waals surface area (Å²) in [5.41, 5.74) is 9.82. The van der Waals surface area contributed by atoms with Crippen LogP contribution in [0.2, 0.25) is 0 Å². The molecule has 3 heterocycles. The number of fused-ring (bicyclic) bond motifs is 9. The van der Waals surface area contributed by atoms with Gasteiger partial charge >= 0.3 is 0 Å². The minimum Gasteiger partial charge on any atom is -0.455 e. The van der Waals surface area contributed by atoms with Gasteiger partial charge in [0.2, 0.25) is 0 Å². The minimum atomic E-state index is 0.841. The van der Waals surface area contributed by atoms with E-state index in [0.717, 1.165) is 69.5 Å². The predicted octanol–water partition coefficient (Wildman–Crippen LogP) is 9.78. The van der Waals surface area contributed by atoms with Crippen molar-refractivity contribution in [1.29, 1.82) is 0 Å². The maximum Gasteiger partial charge on any atom is 0.169 e. The summed E-state index contributed by atoms with van der Waals surface area (Å²) < 4.78 is 8.68. The summed E-state index contributed by atoms with van der Waals surface area (Å²) in [4.78, 5) is 0.